The molecule has 0 atom stereocenters. The number of rotatable bonds is 16. The molecule has 0 radical (unpaired) electrons. The van der Waals surface area contributed by atoms with Gasteiger partial charge in [0.15, 0.2) is 11.6 Å². The lowest BCUT2D eigenvalue weighted by atomic mass is 9.89. The van der Waals surface area contributed by atoms with Gasteiger partial charge in [-0.25, -0.2) is 9.59 Å². The minimum atomic E-state index is -1.44. The number of carbonyl (C=O) groups excluding carboxylic acids is 2. The number of carboxylic acid groups (broad SMARTS) is 2. The summed E-state index contributed by atoms with van der Waals surface area (Å²) in [7, 11) is 0. The molecule has 6 heteroatoms. The zero-order valence-corrected chi connectivity index (χ0v) is 23.4. The van der Waals surface area contributed by atoms with Gasteiger partial charge >= 0.3 is 11.9 Å². The summed E-state index contributed by atoms with van der Waals surface area (Å²) < 4.78 is 0. The summed E-state index contributed by atoms with van der Waals surface area (Å²) in [6.45, 7) is 4.31. The summed E-state index contributed by atoms with van der Waals surface area (Å²) >= 11 is 0. The molecule has 0 unspecified atom stereocenters. The Kier molecular flexibility index (Phi) is 11.4. The van der Waals surface area contributed by atoms with E-state index in [4.69, 9.17) is 0 Å². The molecular weight excluding hydrogens is 504 g/mol. The highest BCUT2D eigenvalue weighted by Crippen LogP contribution is 2.24. The average molecular weight is 543 g/mol. The molecule has 0 aromatic heterocycles. The van der Waals surface area contributed by atoms with Crippen LogP contribution in [0.4, 0.5) is 0 Å². The van der Waals surface area contributed by atoms with Gasteiger partial charge in [0, 0.05) is 22.3 Å². The van der Waals surface area contributed by atoms with E-state index in [1.54, 1.807) is 24.3 Å². The second-order valence-corrected chi connectivity index (χ2v) is 10.2. The van der Waals surface area contributed by atoms with Crippen LogP contribution < -0.4 is 0 Å². The SMILES string of the molecule is CCCCCCc1ccc(C(=O)c2cc(C(=O)c3ccc(CCCCCC)cc3)c(C(=O)O)cc2C(=O)O)cc1. The molecule has 0 aliphatic carbocycles. The van der Waals surface area contributed by atoms with Gasteiger partial charge in [0.2, 0.25) is 0 Å². The normalized spacial score (nSPS) is 10.8. The number of carboxylic acids is 2. The van der Waals surface area contributed by atoms with E-state index in [1.807, 2.05) is 24.3 Å². The third kappa shape index (κ3) is 7.98. The lowest BCUT2D eigenvalue weighted by Crippen LogP contribution is -2.17. The van der Waals surface area contributed by atoms with Crippen LogP contribution in [0, 0.1) is 0 Å². The molecule has 6 nitrogen and oxygen atoms in total. The minimum absolute atomic E-state index is 0.218. The van der Waals surface area contributed by atoms with Gasteiger partial charge in [0.25, 0.3) is 0 Å². The average Bonchev–Trinajstić information content (AvgIpc) is 2.96. The predicted octanol–water partition coefficient (Wildman–Crippen LogP) is 7.79. The number of aromatic carboxylic acids is 2. The van der Waals surface area contributed by atoms with Crippen molar-refractivity contribution in [1.82, 2.24) is 0 Å². The largest absolute Gasteiger partial charge is 0.478 e. The number of aryl methyl sites for hydroxylation is 2. The highest BCUT2D eigenvalue weighted by atomic mass is 16.4. The summed E-state index contributed by atoms with van der Waals surface area (Å²) in [4.78, 5) is 51.0. The lowest BCUT2D eigenvalue weighted by Gasteiger charge is -2.12. The molecule has 3 aromatic carbocycles. The molecule has 40 heavy (non-hydrogen) atoms. The van der Waals surface area contributed by atoms with Gasteiger partial charge in [-0.2, -0.15) is 0 Å². The van der Waals surface area contributed by atoms with Crippen LogP contribution >= 0.6 is 0 Å². The molecule has 210 valence electrons. The standard InChI is InChI=1S/C34H38O6/c1-3-5-7-9-11-23-13-17-25(18-14-23)31(35)27-21-28(30(34(39)40)22-29(27)33(37)38)32(36)26-19-15-24(16-20-26)12-10-8-6-4-2/h13-22H,3-12H2,1-2H3,(H,37,38)(H,39,40). The van der Waals surface area contributed by atoms with Crippen molar-refractivity contribution >= 4 is 23.5 Å². The number of benzene rings is 3. The first-order chi connectivity index (χ1) is 19.3. The highest BCUT2D eigenvalue weighted by molar-refractivity contribution is 6.19. The summed E-state index contributed by atoms with van der Waals surface area (Å²) in [5.74, 6) is -4.04. The molecule has 0 fully saturated rings. The van der Waals surface area contributed by atoms with E-state index in [9.17, 15) is 29.4 Å². The van der Waals surface area contributed by atoms with Gasteiger partial charge in [0.05, 0.1) is 11.1 Å². The molecule has 2 N–H and O–H groups in total. The Morgan fingerprint density at radius 1 is 0.500 bits per heavy atom. The topological polar surface area (TPSA) is 109 Å². The van der Waals surface area contributed by atoms with E-state index < -0.39 is 34.6 Å². The molecule has 0 amide bonds. The van der Waals surface area contributed by atoms with Crippen LogP contribution in [-0.4, -0.2) is 33.7 Å². The molecule has 0 spiro atoms. The van der Waals surface area contributed by atoms with Crippen molar-refractivity contribution in [2.24, 2.45) is 0 Å². The third-order valence-corrected chi connectivity index (χ3v) is 7.18. The van der Waals surface area contributed by atoms with Gasteiger partial charge in [-0.15, -0.1) is 0 Å². The number of hydrogen-bond donors (Lipinski definition) is 2. The molecule has 0 heterocycles. The van der Waals surface area contributed by atoms with Crippen LogP contribution in [0.1, 0.15) is 129 Å². The molecule has 0 saturated carbocycles. The smallest absolute Gasteiger partial charge is 0.336 e. The van der Waals surface area contributed by atoms with Gasteiger partial charge in [-0.1, -0.05) is 101 Å². The molecule has 3 rings (SSSR count). The van der Waals surface area contributed by atoms with Crippen LogP contribution in [0.5, 0.6) is 0 Å². The van der Waals surface area contributed by atoms with Crippen LogP contribution in [0.2, 0.25) is 0 Å². The highest BCUT2D eigenvalue weighted by Gasteiger charge is 2.26. The number of hydrogen-bond acceptors (Lipinski definition) is 4. The zero-order chi connectivity index (χ0) is 29.1. The minimum Gasteiger partial charge on any atom is -0.478 e. The quantitative estimate of drug-likeness (QED) is 0.141. The Morgan fingerprint density at radius 3 is 1.18 bits per heavy atom. The summed E-state index contributed by atoms with van der Waals surface area (Å²) in [6.07, 6.45) is 10.8. The summed E-state index contributed by atoms with van der Waals surface area (Å²) in [6, 6.07) is 16.0. The molecule has 0 aliphatic rings. The fourth-order valence-corrected chi connectivity index (χ4v) is 4.80. The first-order valence-electron chi connectivity index (χ1n) is 14.2. The Bertz CT molecular complexity index is 1240. The molecule has 0 saturated heterocycles. The van der Waals surface area contributed by atoms with E-state index in [2.05, 4.69) is 13.8 Å². The Hall–Kier alpha value is -4.06. The molecule has 0 bridgehead atoms. The van der Waals surface area contributed by atoms with E-state index in [1.165, 1.54) is 12.8 Å². The zero-order valence-electron chi connectivity index (χ0n) is 23.4. The van der Waals surface area contributed by atoms with Crippen LogP contribution in [-0.2, 0) is 12.8 Å². The molecular formula is C34H38O6. The maximum Gasteiger partial charge on any atom is 0.336 e. The lowest BCUT2D eigenvalue weighted by molar-refractivity contribution is 0.0690. The van der Waals surface area contributed by atoms with Gasteiger partial charge in [-0.05, 0) is 48.9 Å². The fraction of sp³-hybridized carbons (Fsp3) is 0.353. The van der Waals surface area contributed by atoms with Crippen LogP contribution in [0.25, 0.3) is 0 Å². The van der Waals surface area contributed by atoms with Crippen molar-refractivity contribution in [1.29, 1.82) is 0 Å². The van der Waals surface area contributed by atoms with Gasteiger partial charge in [-0.3, -0.25) is 9.59 Å². The van der Waals surface area contributed by atoms with Crippen molar-refractivity contribution in [3.05, 3.63) is 105 Å². The van der Waals surface area contributed by atoms with Crippen molar-refractivity contribution in [2.75, 3.05) is 0 Å². The Labute approximate surface area is 236 Å². The molecule has 0 aliphatic heterocycles. The maximum absolute atomic E-state index is 13.4. The monoisotopic (exact) mass is 542 g/mol. The van der Waals surface area contributed by atoms with Crippen molar-refractivity contribution in [3.63, 3.8) is 0 Å². The Morgan fingerprint density at radius 2 is 0.850 bits per heavy atom. The van der Waals surface area contributed by atoms with Crippen LogP contribution in [0.15, 0.2) is 60.7 Å². The summed E-state index contributed by atoms with van der Waals surface area (Å²) in [5, 5.41) is 19.6. The molecule has 3 aromatic rings. The fourth-order valence-electron chi connectivity index (χ4n) is 4.80. The van der Waals surface area contributed by atoms with Gasteiger partial charge < -0.3 is 10.2 Å². The number of unbranched alkanes of at least 4 members (excludes halogenated alkanes) is 6. The van der Waals surface area contributed by atoms with E-state index in [0.29, 0.717) is 0 Å². The number of ketones is 2. The van der Waals surface area contributed by atoms with E-state index in [-0.39, 0.29) is 22.3 Å². The maximum atomic E-state index is 13.4. The van der Waals surface area contributed by atoms with Crippen LogP contribution in [0.3, 0.4) is 0 Å². The second-order valence-electron chi connectivity index (χ2n) is 10.2. The van der Waals surface area contributed by atoms with Crippen molar-refractivity contribution < 1.29 is 29.4 Å². The van der Waals surface area contributed by atoms with Crippen molar-refractivity contribution in [2.45, 2.75) is 78.1 Å². The first-order valence-corrected chi connectivity index (χ1v) is 14.2. The van der Waals surface area contributed by atoms with E-state index >= 15 is 0 Å². The number of carbonyl (C=O) groups is 4. The Balaban J connectivity index is 1.92. The first kappa shape index (κ1) is 30.5. The van der Waals surface area contributed by atoms with Crippen molar-refractivity contribution in [3.8, 4) is 0 Å². The van der Waals surface area contributed by atoms with Gasteiger partial charge in [0.1, 0.15) is 0 Å². The second kappa shape index (κ2) is 14.9. The summed E-state index contributed by atoms with van der Waals surface area (Å²) in [5.41, 5.74) is 1.36. The predicted molar refractivity (Wildman–Crippen MR) is 156 cm³/mol. The third-order valence-electron chi connectivity index (χ3n) is 7.18. The van der Waals surface area contributed by atoms with E-state index in [0.717, 1.165) is 74.6 Å².